The van der Waals surface area contributed by atoms with E-state index in [4.69, 9.17) is 5.11 Å². The van der Waals surface area contributed by atoms with Crippen molar-refractivity contribution in [3.63, 3.8) is 0 Å². The van der Waals surface area contributed by atoms with E-state index < -0.39 is 5.97 Å². The summed E-state index contributed by atoms with van der Waals surface area (Å²) in [6.07, 6.45) is 3.07. The number of carboxylic acids is 1. The van der Waals surface area contributed by atoms with Crippen molar-refractivity contribution in [2.75, 3.05) is 19.6 Å². The molecule has 0 aromatic heterocycles. The molecule has 1 aliphatic heterocycles. The number of rotatable bonds is 4. The molecule has 0 spiro atoms. The van der Waals surface area contributed by atoms with E-state index >= 15 is 0 Å². The molecule has 0 aromatic rings. The third kappa shape index (κ3) is 4.94. The van der Waals surface area contributed by atoms with Crippen molar-refractivity contribution in [1.82, 2.24) is 10.2 Å². The Morgan fingerprint density at radius 1 is 1.44 bits per heavy atom. The zero-order chi connectivity index (χ0) is 13.5. The van der Waals surface area contributed by atoms with Crippen LogP contribution in [0.15, 0.2) is 0 Å². The molecule has 1 aliphatic rings. The van der Waals surface area contributed by atoms with Crippen LogP contribution in [0.25, 0.3) is 0 Å². The van der Waals surface area contributed by atoms with Crippen molar-refractivity contribution < 1.29 is 14.7 Å². The fraction of sp³-hybridized carbons (Fsp3) is 0.769. The smallest absolute Gasteiger partial charge is 0.317 e. The molecule has 2 unspecified atom stereocenters. The molecular formula is C13H23N2O3-. The zero-order valence-corrected chi connectivity index (χ0v) is 11.0. The highest BCUT2D eigenvalue weighted by Crippen LogP contribution is 2.24. The maximum Gasteiger partial charge on any atom is 0.317 e. The van der Waals surface area contributed by atoms with Crippen LogP contribution in [0.5, 0.6) is 0 Å². The summed E-state index contributed by atoms with van der Waals surface area (Å²) in [5, 5.41) is 11.2. The summed E-state index contributed by atoms with van der Waals surface area (Å²) in [6, 6.07) is -0.145. The van der Waals surface area contributed by atoms with E-state index in [-0.39, 0.29) is 19.0 Å². The average Bonchev–Trinajstić information content (AvgIpc) is 2.53. The van der Waals surface area contributed by atoms with Gasteiger partial charge < -0.3 is 22.2 Å². The van der Waals surface area contributed by atoms with Crippen LogP contribution in [0.4, 0.5) is 4.79 Å². The van der Waals surface area contributed by atoms with Crippen LogP contribution in [0.2, 0.25) is 0 Å². The van der Waals surface area contributed by atoms with Gasteiger partial charge in [0.05, 0.1) is 6.42 Å². The molecule has 104 valence electrons. The number of carboxylic acid groups (broad SMARTS) is 1. The number of amides is 2. The van der Waals surface area contributed by atoms with Gasteiger partial charge in [0.25, 0.3) is 0 Å². The molecule has 0 radical (unpaired) electrons. The summed E-state index contributed by atoms with van der Waals surface area (Å²) in [7, 11) is 0. The minimum atomic E-state index is -0.892. The Bertz CT molecular complexity index is 292. The first-order chi connectivity index (χ1) is 8.50. The topological polar surface area (TPSA) is 69.6 Å². The summed E-state index contributed by atoms with van der Waals surface area (Å²) in [6.45, 7) is 7.86. The number of aliphatic carboxylic acids is 1. The van der Waals surface area contributed by atoms with Gasteiger partial charge >= 0.3 is 12.0 Å². The molecule has 5 nitrogen and oxygen atoms in total. The standard InChI is InChI=1S/C13H23N2O3/c1-10(2)11-4-3-8-15(9-6-11)13(18)14-7-5-12(16)17/h10-11H,1,3-9H2,2H3,(H,14,18)(H,16,17)/q-1. The van der Waals surface area contributed by atoms with Gasteiger partial charge in [0.1, 0.15) is 0 Å². The molecule has 1 heterocycles. The first-order valence-electron chi connectivity index (χ1n) is 6.58. The fourth-order valence-electron chi connectivity index (χ4n) is 2.28. The molecule has 1 fully saturated rings. The van der Waals surface area contributed by atoms with Crippen molar-refractivity contribution in [2.45, 2.75) is 32.6 Å². The first kappa shape index (κ1) is 14.8. The van der Waals surface area contributed by atoms with Crippen LogP contribution < -0.4 is 5.32 Å². The maximum absolute atomic E-state index is 11.8. The van der Waals surface area contributed by atoms with Crippen molar-refractivity contribution in [3.8, 4) is 0 Å². The summed E-state index contributed by atoms with van der Waals surface area (Å²) in [4.78, 5) is 24.0. The molecule has 0 saturated carbocycles. The lowest BCUT2D eigenvalue weighted by Gasteiger charge is -2.24. The Morgan fingerprint density at radius 2 is 2.17 bits per heavy atom. The molecular weight excluding hydrogens is 232 g/mol. The highest BCUT2D eigenvalue weighted by atomic mass is 16.4. The third-order valence-electron chi connectivity index (χ3n) is 3.48. The molecule has 1 saturated heterocycles. The predicted octanol–water partition coefficient (Wildman–Crippen LogP) is 1.74. The Kier molecular flexibility index (Phi) is 5.95. The minimum absolute atomic E-state index is 0.0296. The second-order valence-corrected chi connectivity index (χ2v) is 5.03. The van der Waals surface area contributed by atoms with Gasteiger partial charge in [-0.1, -0.05) is 19.3 Å². The largest absolute Gasteiger partial charge is 0.481 e. The first-order valence-corrected chi connectivity index (χ1v) is 6.58. The zero-order valence-electron chi connectivity index (χ0n) is 11.0. The van der Waals surface area contributed by atoms with E-state index in [0.717, 1.165) is 32.4 Å². The number of hydrogen-bond donors (Lipinski definition) is 2. The summed E-state index contributed by atoms with van der Waals surface area (Å²) in [5.41, 5.74) is 0. The Morgan fingerprint density at radius 3 is 2.78 bits per heavy atom. The van der Waals surface area contributed by atoms with Crippen LogP contribution in [0.1, 0.15) is 32.6 Å². The third-order valence-corrected chi connectivity index (χ3v) is 3.48. The van der Waals surface area contributed by atoms with E-state index in [1.165, 1.54) is 0 Å². The number of carbonyl (C=O) groups excluding carboxylic acids is 1. The second-order valence-electron chi connectivity index (χ2n) is 5.03. The van der Waals surface area contributed by atoms with Crippen LogP contribution in [0, 0.1) is 18.8 Å². The fourth-order valence-corrected chi connectivity index (χ4v) is 2.28. The van der Waals surface area contributed by atoms with Gasteiger partial charge in [-0.2, -0.15) is 5.92 Å². The molecule has 2 N–H and O–H groups in total. The Labute approximate surface area is 109 Å². The summed E-state index contributed by atoms with van der Waals surface area (Å²) >= 11 is 0. The highest BCUT2D eigenvalue weighted by Gasteiger charge is 2.20. The van der Waals surface area contributed by atoms with Gasteiger partial charge in [-0.05, 0) is 12.8 Å². The van der Waals surface area contributed by atoms with Gasteiger partial charge in [0, 0.05) is 19.6 Å². The van der Waals surface area contributed by atoms with Crippen LogP contribution in [-0.4, -0.2) is 41.6 Å². The number of nitrogens with one attached hydrogen (secondary N) is 1. The highest BCUT2D eigenvalue weighted by molar-refractivity contribution is 5.75. The normalized spacial score (nSPS) is 22.1. The SMILES string of the molecule is [CH2-]C(C)C1CCCN(C(=O)NCCC(=O)O)CC1. The van der Waals surface area contributed by atoms with E-state index in [1.54, 1.807) is 4.90 Å². The van der Waals surface area contributed by atoms with Crippen molar-refractivity contribution in [2.24, 2.45) is 11.8 Å². The van der Waals surface area contributed by atoms with Crippen molar-refractivity contribution >= 4 is 12.0 Å². The number of urea groups is 1. The van der Waals surface area contributed by atoms with Gasteiger partial charge in [0.2, 0.25) is 0 Å². The van der Waals surface area contributed by atoms with Crippen LogP contribution in [-0.2, 0) is 4.79 Å². The molecule has 1 rings (SSSR count). The maximum atomic E-state index is 11.8. The Hall–Kier alpha value is -1.26. The van der Waals surface area contributed by atoms with Crippen molar-refractivity contribution in [3.05, 3.63) is 6.92 Å². The lowest BCUT2D eigenvalue weighted by Crippen LogP contribution is -2.41. The van der Waals surface area contributed by atoms with Gasteiger partial charge in [-0.15, -0.1) is 0 Å². The molecule has 0 aromatic carbocycles. The van der Waals surface area contributed by atoms with Crippen LogP contribution in [0.3, 0.4) is 0 Å². The molecule has 2 atom stereocenters. The predicted molar refractivity (Wildman–Crippen MR) is 69.1 cm³/mol. The summed E-state index contributed by atoms with van der Waals surface area (Å²) in [5.74, 6) is 0.110. The average molecular weight is 255 g/mol. The lowest BCUT2D eigenvalue weighted by molar-refractivity contribution is -0.136. The van der Waals surface area contributed by atoms with Gasteiger partial charge in [0.15, 0.2) is 0 Å². The molecule has 0 bridgehead atoms. The number of nitrogens with zero attached hydrogens (tertiary/aromatic N) is 1. The molecule has 18 heavy (non-hydrogen) atoms. The van der Waals surface area contributed by atoms with E-state index in [2.05, 4.69) is 19.2 Å². The van der Waals surface area contributed by atoms with E-state index in [9.17, 15) is 9.59 Å². The van der Waals surface area contributed by atoms with Crippen molar-refractivity contribution in [1.29, 1.82) is 0 Å². The van der Waals surface area contributed by atoms with Gasteiger partial charge in [-0.25, -0.2) is 4.79 Å². The Balaban J connectivity index is 2.33. The molecule has 2 amide bonds. The second kappa shape index (κ2) is 7.24. The van der Waals surface area contributed by atoms with Crippen LogP contribution >= 0.6 is 0 Å². The number of carbonyl (C=O) groups is 2. The molecule has 5 heteroatoms. The van der Waals surface area contributed by atoms with E-state index in [1.807, 2.05) is 0 Å². The number of hydrogen-bond acceptors (Lipinski definition) is 2. The van der Waals surface area contributed by atoms with E-state index in [0.29, 0.717) is 11.8 Å². The monoisotopic (exact) mass is 255 g/mol. The minimum Gasteiger partial charge on any atom is -0.481 e. The molecule has 0 aliphatic carbocycles. The number of likely N-dealkylation sites (tertiary alicyclic amines) is 1. The lowest BCUT2D eigenvalue weighted by atomic mass is 9.89. The summed E-state index contributed by atoms with van der Waals surface area (Å²) < 4.78 is 0. The quantitative estimate of drug-likeness (QED) is 0.752. The van der Waals surface area contributed by atoms with Gasteiger partial charge in [-0.3, -0.25) is 4.79 Å².